The van der Waals surface area contributed by atoms with Crippen molar-refractivity contribution in [3.8, 4) is 0 Å². The molecule has 0 unspecified atom stereocenters. The van der Waals surface area contributed by atoms with Crippen molar-refractivity contribution in [2.45, 2.75) is 0 Å². The Morgan fingerprint density at radius 1 is 0.889 bits per heavy atom. The van der Waals surface area contributed by atoms with Crippen molar-refractivity contribution in [3.05, 3.63) is 0 Å². The Kier molecular flexibility index (Phi) is 5.52. The monoisotopic (exact) mass is 322 g/mol. The van der Waals surface area contributed by atoms with Gasteiger partial charge in [-0.15, -0.1) is 0 Å². The van der Waals surface area contributed by atoms with Gasteiger partial charge in [0.05, 0.1) is 25.1 Å². The molecule has 0 aromatic rings. The second-order valence-corrected chi connectivity index (χ2v) is 7.76. The van der Waals surface area contributed by atoms with Gasteiger partial charge in [-0.25, -0.2) is 0 Å². The summed E-state index contributed by atoms with van der Waals surface area (Å²) in [6.07, 6.45) is 0. The van der Waals surface area contributed by atoms with Crippen LogP contribution in [-0.4, -0.2) is 80.5 Å². The number of nitrogens with zero attached hydrogens (tertiary/aromatic N) is 4. The lowest BCUT2D eigenvalue weighted by atomic mass is 10.5. The van der Waals surface area contributed by atoms with Gasteiger partial charge in [-0.1, -0.05) is 48.0 Å². The van der Waals surface area contributed by atoms with E-state index in [4.69, 9.17) is 24.4 Å². The third kappa shape index (κ3) is 3.94. The van der Waals surface area contributed by atoms with Crippen LogP contribution in [0.2, 0.25) is 0 Å². The molecule has 0 aromatic heterocycles. The van der Waals surface area contributed by atoms with Gasteiger partial charge in [0.1, 0.15) is 8.64 Å². The molecule has 18 heavy (non-hydrogen) atoms. The third-order valence-corrected chi connectivity index (χ3v) is 6.17. The van der Waals surface area contributed by atoms with E-state index in [1.54, 1.807) is 23.5 Å². The smallest absolute Gasteiger partial charge is 0.138 e. The second kappa shape index (κ2) is 6.71. The summed E-state index contributed by atoms with van der Waals surface area (Å²) in [6, 6.07) is 0. The van der Waals surface area contributed by atoms with Crippen molar-refractivity contribution in [1.82, 2.24) is 19.6 Å². The zero-order valence-electron chi connectivity index (χ0n) is 10.7. The minimum atomic E-state index is 0.926. The molecule has 0 radical (unpaired) electrons. The summed E-state index contributed by atoms with van der Waals surface area (Å²) in [5.74, 6) is 1.99. The van der Waals surface area contributed by atoms with Crippen LogP contribution < -0.4 is 0 Å². The van der Waals surface area contributed by atoms with Gasteiger partial charge in [0.15, 0.2) is 0 Å². The molecule has 0 aliphatic carbocycles. The van der Waals surface area contributed by atoms with E-state index in [0.29, 0.717) is 0 Å². The molecule has 4 nitrogen and oxygen atoms in total. The lowest BCUT2D eigenvalue weighted by Gasteiger charge is -2.38. The van der Waals surface area contributed by atoms with Crippen molar-refractivity contribution in [1.29, 1.82) is 0 Å². The number of thiocarbonyl (C=S) groups is 2. The van der Waals surface area contributed by atoms with Crippen LogP contribution in [0.3, 0.4) is 0 Å². The van der Waals surface area contributed by atoms with Crippen LogP contribution in [0.4, 0.5) is 0 Å². The van der Waals surface area contributed by atoms with Gasteiger partial charge >= 0.3 is 0 Å². The Labute approximate surface area is 128 Å². The molecule has 0 atom stereocenters. The molecule has 2 heterocycles. The largest absolute Gasteiger partial charge is 0.343 e. The van der Waals surface area contributed by atoms with Crippen LogP contribution in [0.15, 0.2) is 0 Å². The van der Waals surface area contributed by atoms with Crippen LogP contribution in [0.25, 0.3) is 0 Å². The molecule has 0 N–H and O–H groups in total. The van der Waals surface area contributed by atoms with Crippen LogP contribution in [-0.2, 0) is 0 Å². The maximum atomic E-state index is 5.39. The molecule has 8 heteroatoms. The van der Waals surface area contributed by atoms with Crippen LogP contribution in [0.5, 0.6) is 0 Å². The Bertz CT molecular complexity index is 306. The molecule has 0 saturated carbocycles. The number of hydrogen-bond acceptors (Lipinski definition) is 6. The molecular formula is C10H18N4S4. The van der Waals surface area contributed by atoms with Crippen LogP contribution in [0.1, 0.15) is 0 Å². The first-order valence-corrected chi connectivity index (χ1v) is 8.55. The topological polar surface area (TPSA) is 13.0 Å². The van der Waals surface area contributed by atoms with E-state index < -0.39 is 0 Å². The molecule has 0 bridgehead atoms. The molecule has 2 aliphatic rings. The summed E-state index contributed by atoms with van der Waals surface area (Å²) < 4.78 is 2.02. The molecule has 2 saturated heterocycles. The Morgan fingerprint density at radius 3 is 1.67 bits per heavy atom. The molecule has 2 fully saturated rings. The van der Waals surface area contributed by atoms with E-state index in [-0.39, 0.29) is 0 Å². The molecule has 0 amide bonds. The first kappa shape index (κ1) is 14.8. The predicted molar refractivity (Wildman–Crippen MR) is 88.8 cm³/mol. The van der Waals surface area contributed by atoms with Crippen molar-refractivity contribution in [2.24, 2.45) is 0 Å². The average molecular weight is 323 g/mol. The van der Waals surface area contributed by atoms with Gasteiger partial charge in [0.25, 0.3) is 0 Å². The van der Waals surface area contributed by atoms with E-state index in [1.165, 1.54) is 0 Å². The maximum absolute atomic E-state index is 5.39. The highest BCUT2D eigenvalue weighted by Crippen LogP contribution is 2.19. The molecule has 102 valence electrons. The Hall–Kier alpha value is 0.400. The van der Waals surface area contributed by atoms with Crippen molar-refractivity contribution in [3.63, 3.8) is 0 Å². The molecule has 2 aliphatic heterocycles. The van der Waals surface area contributed by atoms with Gasteiger partial charge in [0.2, 0.25) is 0 Å². The summed E-state index contributed by atoms with van der Waals surface area (Å²) in [5, 5.41) is 0. The number of hydrogen-bond donors (Lipinski definition) is 0. The van der Waals surface area contributed by atoms with Gasteiger partial charge < -0.3 is 9.80 Å². The second-order valence-electron chi connectivity index (χ2n) is 4.60. The number of rotatable bonds is 3. The molecule has 2 rings (SSSR count). The fourth-order valence-corrected chi connectivity index (χ4v) is 3.96. The van der Waals surface area contributed by atoms with E-state index in [1.807, 2.05) is 0 Å². The Morgan fingerprint density at radius 2 is 1.28 bits per heavy atom. The summed E-state index contributed by atoms with van der Waals surface area (Å²) in [4.78, 5) is 9.06. The van der Waals surface area contributed by atoms with Gasteiger partial charge in [-0.3, -0.25) is 9.80 Å². The fraction of sp³-hybridized carbons (Fsp3) is 0.800. The van der Waals surface area contributed by atoms with Gasteiger partial charge in [-0.05, 0) is 14.1 Å². The van der Waals surface area contributed by atoms with Crippen molar-refractivity contribution >= 4 is 56.6 Å². The van der Waals surface area contributed by atoms with Crippen molar-refractivity contribution in [2.75, 3.05) is 52.3 Å². The van der Waals surface area contributed by atoms with E-state index in [9.17, 15) is 0 Å². The predicted octanol–water partition coefficient (Wildman–Crippen LogP) is 1.35. The summed E-state index contributed by atoms with van der Waals surface area (Å²) >= 11 is 14.3. The highest BCUT2D eigenvalue weighted by atomic mass is 32.2. The van der Waals surface area contributed by atoms with E-state index in [0.717, 1.165) is 46.8 Å². The minimum Gasteiger partial charge on any atom is -0.343 e. The first-order valence-electron chi connectivity index (χ1n) is 5.77. The van der Waals surface area contributed by atoms with Crippen molar-refractivity contribution < 1.29 is 0 Å². The highest BCUT2D eigenvalue weighted by Gasteiger charge is 2.22. The van der Waals surface area contributed by atoms with Gasteiger partial charge in [0, 0.05) is 13.1 Å². The minimum absolute atomic E-state index is 0.926. The summed E-state index contributed by atoms with van der Waals surface area (Å²) in [5.41, 5.74) is 0. The SMILES string of the molecule is CN1CSC(=S)N(CCN2CN(C)CSC2=S)C1. The standard InChI is InChI=1S/C10H18N4S4/c1-11-5-13(9(15)17-7-11)3-4-14-6-12(2)8-18-10(14)16/h3-8H2,1-2H3. The fourth-order valence-electron chi connectivity index (χ4n) is 1.86. The third-order valence-electron chi connectivity index (χ3n) is 2.80. The van der Waals surface area contributed by atoms with Gasteiger partial charge in [-0.2, -0.15) is 0 Å². The summed E-state index contributed by atoms with van der Waals surface area (Å²) in [7, 11) is 4.24. The number of thioether (sulfide) groups is 2. The molecular weight excluding hydrogens is 304 g/mol. The van der Waals surface area contributed by atoms with Crippen LogP contribution >= 0.6 is 48.0 Å². The average Bonchev–Trinajstić information content (AvgIpc) is 2.34. The highest BCUT2D eigenvalue weighted by molar-refractivity contribution is 8.23. The maximum Gasteiger partial charge on any atom is 0.138 e. The first-order chi connectivity index (χ1) is 8.56. The summed E-state index contributed by atoms with van der Waals surface area (Å²) in [6.45, 7) is 3.75. The zero-order chi connectivity index (χ0) is 13.1. The zero-order valence-corrected chi connectivity index (χ0v) is 13.9. The van der Waals surface area contributed by atoms with E-state index >= 15 is 0 Å². The Balaban J connectivity index is 1.82. The lowest BCUT2D eigenvalue weighted by molar-refractivity contribution is 0.206. The lowest BCUT2D eigenvalue weighted by Crippen LogP contribution is -2.49. The van der Waals surface area contributed by atoms with Crippen LogP contribution in [0, 0.1) is 0 Å². The molecule has 0 spiro atoms. The normalized spacial score (nSPS) is 23.9. The molecule has 0 aromatic carbocycles. The van der Waals surface area contributed by atoms with E-state index in [2.05, 4.69) is 33.7 Å². The quantitative estimate of drug-likeness (QED) is 0.713.